The number of carbonyl (C=O) groups is 1. The van der Waals surface area contributed by atoms with Crippen molar-refractivity contribution in [2.45, 2.75) is 6.61 Å². The lowest BCUT2D eigenvalue weighted by Gasteiger charge is -2.12. The van der Waals surface area contributed by atoms with Crippen LogP contribution in [0.1, 0.15) is 21.5 Å². The van der Waals surface area contributed by atoms with Crippen LogP contribution >= 0.6 is 15.9 Å². The number of hydrogen-bond donors (Lipinski definition) is 1. The Labute approximate surface area is 172 Å². The Morgan fingerprint density at radius 1 is 1.04 bits per heavy atom. The lowest BCUT2D eigenvalue weighted by Crippen LogP contribution is -2.00. The molecule has 1 N–H and O–H groups in total. The van der Waals surface area contributed by atoms with E-state index in [9.17, 15) is 9.90 Å². The molecule has 0 aliphatic heterocycles. The lowest BCUT2D eigenvalue weighted by atomic mass is 10.1. The van der Waals surface area contributed by atoms with E-state index in [0.29, 0.717) is 17.9 Å². The SMILES string of the molecule is COc1ccc(/C=C/C(=O)c2cccc(O)c2)cc1COc1ccccc1Br. The van der Waals surface area contributed by atoms with Gasteiger partial charge >= 0.3 is 0 Å². The van der Waals surface area contributed by atoms with Crippen LogP contribution in [0.3, 0.4) is 0 Å². The van der Waals surface area contributed by atoms with Crippen molar-refractivity contribution in [2.75, 3.05) is 7.11 Å². The maximum atomic E-state index is 12.3. The Hall–Kier alpha value is -3.05. The zero-order valence-corrected chi connectivity index (χ0v) is 16.8. The number of ketones is 1. The molecule has 3 aromatic rings. The molecule has 0 radical (unpaired) electrons. The predicted molar refractivity (Wildman–Crippen MR) is 113 cm³/mol. The smallest absolute Gasteiger partial charge is 0.185 e. The summed E-state index contributed by atoms with van der Waals surface area (Å²) in [4.78, 5) is 12.3. The summed E-state index contributed by atoms with van der Waals surface area (Å²) in [6.45, 7) is 0.327. The fourth-order valence-electron chi connectivity index (χ4n) is 2.66. The highest BCUT2D eigenvalue weighted by Crippen LogP contribution is 2.27. The molecule has 0 heterocycles. The van der Waals surface area contributed by atoms with Gasteiger partial charge in [0.2, 0.25) is 0 Å². The molecule has 0 amide bonds. The Morgan fingerprint density at radius 3 is 2.61 bits per heavy atom. The highest BCUT2D eigenvalue weighted by molar-refractivity contribution is 9.10. The maximum absolute atomic E-state index is 12.3. The van der Waals surface area contributed by atoms with Gasteiger partial charge in [0, 0.05) is 11.1 Å². The van der Waals surface area contributed by atoms with Crippen LogP contribution in [0.25, 0.3) is 6.08 Å². The Kier molecular flexibility index (Phi) is 6.50. The normalized spacial score (nSPS) is 10.8. The number of rotatable bonds is 7. The minimum atomic E-state index is -0.183. The molecule has 0 aliphatic carbocycles. The largest absolute Gasteiger partial charge is 0.508 e. The second-order valence-electron chi connectivity index (χ2n) is 6.04. The topological polar surface area (TPSA) is 55.8 Å². The van der Waals surface area contributed by atoms with Crippen LogP contribution in [0.5, 0.6) is 17.2 Å². The van der Waals surface area contributed by atoms with E-state index < -0.39 is 0 Å². The van der Waals surface area contributed by atoms with E-state index in [-0.39, 0.29) is 11.5 Å². The number of phenolic OH excluding ortho intramolecular Hbond substituents is 1. The van der Waals surface area contributed by atoms with Crippen LogP contribution in [-0.2, 0) is 6.61 Å². The van der Waals surface area contributed by atoms with E-state index >= 15 is 0 Å². The van der Waals surface area contributed by atoms with Gasteiger partial charge in [0.25, 0.3) is 0 Å². The second kappa shape index (κ2) is 9.24. The molecule has 0 aliphatic rings. The van der Waals surface area contributed by atoms with Gasteiger partial charge in [-0.15, -0.1) is 0 Å². The molecule has 3 aromatic carbocycles. The molecule has 0 fully saturated rings. The molecule has 0 saturated heterocycles. The Morgan fingerprint density at radius 2 is 1.86 bits per heavy atom. The highest BCUT2D eigenvalue weighted by Gasteiger charge is 2.07. The Balaban J connectivity index is 1.76. The first-order valence-electron chi connectivity index (χ1n) is 8.62. The molecular formula is C23H19BrO4. The van der Waals surface area contributed by atoms with Crippen LogP contribution in [0.2, 0.25) is 0 Å². The van der Waals surface area contributed by atoms with Gasteiger partial charge in [0.15, 0.2) is 5.78 Å². The third-order valence-corrected chi connectivity index (χ3v) is 4.74. The first-order chi connectivity index (χ1) is 13.6. The average Bonchev–Trinajstić information content (AvgIpc) is 2.71. The fraction of sp³-hybridized carbons (Fsp3) is 0.0870. The van der Waals surface area contributed by atoms with E-state index in [1.807, 2.05) is 42.5 Å². The number of phenols is 1. The van der Waals surface area contributed by atoms with Gasteiger partial charge in [0.05, 0.1) is 11.6 Å². The quantitative estimate of drug-likeness (QED) is 0.383. The summed E-state index contributed by atoms with van der Waals surface area (Å²) in [7, 11) is 1.61. The van der Waals surface area contributed by atoms with E-state index in [0.717, 1.165) is 21.3 Å². The molecule has 142 valence electrons. The van der Waals surface area contributed by atoms with Gasteiger partial charge < -0.3 is 14.6 Å². The number of hydrogen-bond acceptors (Lipinski definition) is 4. The summed E-state index contributed by atoms with van der Waals surface area (Å²) < 4.78 is 12.2. The molecule has 0 aromatic heterocycles. The number of benzene rings is 3. The zero-order valence-electron chi connectivity index (χ0n) is 15.3. The van der Waals surface area contributed by atoms with Gasteiger partial charge in [-0.05, 0) is 64.0 Å². The van der Waals surface area contributed by atoms with Crippen molar-refractivity contribution in [3.8, 4) is 17.2 Å². The molecular weight excluding hydrogens is 420 g/mol. The summed E-state index contributed by atoms with van der Waals surface area (Å²) in [5.74, 6) is 1.33. The molecule has 28 heavy (non-hydrogen) atoms. The molecule has 0 unspecified atom stereocenters. The van der Waals surface area contributed by atoms with Crippen LogP contribution < -0.4 is 9.47 Å². The van der Waals surface area contributed by atoms with Crippen LogP contribution in [-0.4, -0.2) is 18.0 Å². The minimum Gasteiger partial charge on any atom is -0.508 e. The van der Waals surface area contributed by atoms with Crippen LogP contribution in [0.4, 0.5) is 0 Å². The van der Waals surface area contributed by atoms with Gasteiger partial charge in [-0.1, -0.05) is 36.4 Å². The van der Waals surface area contributed by atoms with Crippen molar-refractivity contribution >= 4 is 27.8 Å². The van der Waals surface area contributed by atoms with Crippen molar-refractivity contribution in [3.63, 3.8) is 0 Å². The van der Waals surface area contributed by atoms with Crippen molar-refractivity contribution in [2.24, 2.45) is 0 Å². The summed E-state index contributed by atoms with van der Waals surface area (Å²) in [5, 5.41) is 9.51. The summed E-state index contributed by atoms with van der Waals surface area (Å²) in [5.41, 5.74) is 2.15. The molecule has 0 atom stereocenters. The molecule has 0 spiro atoms. The first-order valence-corrected chi connectivity index (χ1v) is 9.42. The summed E-state index contributed by atoms with van der Waals surface area (Å²) in [6.07, 6.45) is 3.21. The molecule has 4 nitrogen and oxygen atoms in total. The van der Waals surface area contributed by atoms with Gasteiger partial charge in [0.1, 0.15) is 23.9 Å². The van der Waals surface area contributed by atoms with Gasteiger partial charge in [-0.2, -0.15) is 0 Å². The number of allylic oxidation sites excluding steroid dienone is 1. The number of methoxy groups -OCH3 is 1. The summed E-state index contributed by atoms with van der Waals surface area (Å²) >= 11 is 3.47. The molecule has 3 rings (SSSR count). The third kappa shape index (κ3) is 5.02. The van der Waals surface area contributed by atoms with Crippen LogP contribution in [0, 0.1) is 0 Å². The third-order valence-electron chi connectivity index (χ3n) is 4.08. The molecule has 0 saturated carbocycles. The number of ether oxygens (including phenoxy) is 2. The van der Waals surface area contributed by atoms with E-state index in [1.165, 1.54) is 18.2 Å². The average molecular weight is 439 g/mol. The number of carbonyl (C=O) groups excluding carboxylic acids is 1. The minimum absolute atomic E-state index is 0.0650. The molecule has 0 bridgehead atoms. The van der Waals surface area contributed by atoms with E-state index in [4.69, 9.17) is 9.47 Å². The van der Waals surface area contributed by atoms with Crippen molar-refractivity contribution in [3.05, 3.63) is 94.0 Å². The number of halogens is 1. The van der Waals surface area contributed by atoms with Crippen molar-refractivity contribution in [1.29, 1.82) is 0 Å². The monoisotopic (exact) mass is 438 g/mol. The lowest BCUT2D eigenvalue weighted by molar-refractivity contribution is 0.104. The maximum Gasteiger partial charge on any atom is 0.185 e. The Bertz CT molecular complexity index is 1010. The number of para-hydroxylation sites is 1. The fourth-order valence-corrected chi connectivity index (χ4v) is 3.06. The van der Waals surface area contributed by atoms with E-state index in [1.54, 1.807) is 25.3 Å². The van der Waals surface area contributed by atoms with Crippen LogP contribution in [0.15, 0.2) is 77.3 Å². The first kappa shape index (κ1) is 19.7. The van der Waals surface area contributed by atoms with Crippen molar-refractivity contribution < 1.29 is 19.4 Å². The standard InChI is InChI=1S/C23H19BrO4/c1-27-22-12-10-16(9-11-21(26)17-5-4-6-19(25)14-17)13-18(22)15-28-23-8-3-2-7-20(23)24/h2-14,25H,15H2,1H3/b11-9+. The van der Waals surface area contributed by atoms with Gasteiger partial charge in [-0.3, -0.25) is 4.79 Å². The predicted octanol–water partition coefficient (Wildman–Crippen LogP) is 5.64. The zero-order chi connectivity index (χ0) is 19.9. The van der Waals surface area contributed by atoms with Crippen molar-refractivity contribution in [1.82, 2.24) is 0 Å². The second-order valence-corrected chi connectivity index (χ2v) is 6.89. The van der Waals surface area contributed by atoms with Gasteiger partial charge in [-0.25, -0.2) is 0 Å². The highest BCUT2D eigenvalue weighted by atomic mass is 79.9. The van der Waals surface area contributed by atoms with E-state index in [2.05, 4.69) is 15.9 Å². The number of aromatic hydroxyl groups is 1. The summed E-state index contributed by atoms with van der Waals surface area (Å²) in [6, 6.07) is 19.5. The molecule has 5 heteroatoms.